The molecule has 0 saturated carbocycles. The van der Waals surface area contributed by atoms with Gasteiger partial charge in [-0.1, -0.05) is 11.6 Å². The SMILES string of the molecule is COOCc1cc2c(Cl)ccnc2o1. The van der Waals surface area contributed by atoms with E-state index in [0.717, 1.165) is 5.39 Å². The first-order valence-electron chi connectivity index (χ1n) is 4.00. The van der Waals surface area contributed by atoms with Crippen molar-refractivity contribution < 1.29 is 14.2 Å². The standard InChI is InChI=1S/C9H8ClNO3/c1-12-13-5-6-4-7-8(10)2-3-11-9(7)14-6/h2-4H,5H2,1H3. The molecule has 74 valence electrons. The Bertz CT molecular complexity index is 441. The fraction of sp³-hybridized carbons (Fsp3) is 0.222. The lowest BCUT2D eigenvalue weighted by Crippen LogP contribution is -1.87. The third kappa shape index (κ3) is 1.72. The average molecular weight is 214 g/mol. The molecule has 0 saturated heterocycles. The van der Waals surface area contributed by atoms with E-state index in [1.54, 1.807) is 18.3 Å². The summed E-state index contributed by atoms with van der Waals surface area (Å²) in [6, 6.07) is 3.49. The molecule has 2 heterocycles. The van der Waals surface area contributed by atoms with Gasteiger partial charge in [0, 0.05) is 6.20 Å². The molecule has 5 heteroatoms. The van der Waals surface area contributed by atoms with Gasteiger partial charge in [0.1, 0.15) is 12.4 Å². The quantitative estimate of drug-likeness (QED) is 0.581. The van der Waals surface area contributed by atoms with Crippen LogP contribution in [0.25, 0.3) is 11.1 Å². The first-order chi connectivity index (χ1) is 6.81. The third-order valence-electron chi connectivity index (χ3n) is 1.75. The van der Waals surface area contributed by atoms with Gasteiger partial charge in [-0.3, -0.25) is 0 Å². The Kier molecular flexibility index (Phi) is 2.67. The Balaban J connectivity index is 2.36. The zero-order valence-electron chi connectivity index (χ0n) is 7.49. The largest absolute Gasteiger partial charge is 0.440 e. The lowest BCUT2D eigenvalue weighted by molar-refractivity contribution is -0.284. The lowest BCUT2D eigenvalue weighted by atomic mass is 10.3. The number of nitrogens with zero attached hydrogens (tertiary/aromatic N) is 1. The number of hydrogen-bond acceptors (Lipinski definition) is 4. The van der Waals surface area contributed by atoms with E-state index in [-0.39, 0.29) is 6.61 Å². The van der Waals surface area contributed by atoms with Gasteiger partial charge < -0.3 is 4.42 Å². The van der Waals surface area contributed by atoms with E-state index in [4.69, 9.17) is 20.9 Å². The number of aromatic nitrogens is 1. The van der Waals surface area contributed by atoms with Gasteiger partial charge in [0.25, 0.3) is 0 Å². The van der Waals surface area contributed by atoms with E-state index in [1.165, 1.54) is 7.11 Å². The van der Waals surface area contributed by atoms with Crippen molar-refractivity contribution in [3.8, 4) is 0 Å². The van der Waals surface area contributed by atoms with Crippen LogP contribution < -0.4 is 0 Å². The van der Waals surface area contributed by atoms with Crippen LogP contribution in [0.15, 0.2) is 22.7 Å². The van der Waals surface area contributed by atoms with E-state index in [1.807, 2.05) is 0 Å². The number of pyridine rings is 1. The number of halogens is 1. The molecule has 2 aromatic rings. The lowest BCUT2D eigenvalue weighted by Gasteiger charge is -1.93. The van der Waals surface area contributed by atoms with E-state index in [0.29, 0.717) is 16.5 Å². The van der Waals surface area contributed by atoms with Crippen molar-refractivity contribution in [2.24, 2.45) is 0 Å². The molecule has 0 aromatic carbocycles. The molecule has 4 nitrogen and oxygen atoms in total. The summed E-state index contributed by atoms with van der Waals surface area (Å²) in [5.41, 5.74) is 0.507. The molecular formula is C9H8ClNO3. The number of rotatable bonds is 3. The summed E-state index contributed by atoms with van der Waals surface area (Å²) in [4.78, 5) is 13.2. The van der Waals surface area contributed by atoms with Gasteiger partial charge in [0.05, 0.1) is 17.5 Å². The van der Waals surface area contributed by atoms with Crippen LogP contribution in [0.2, 0.25) is 5.02 Å². The Labute approximate surface area is 85.3 Å². The van der Waals surface area contributed by atoms with Crippen LogP contribution in [-0.4, -0.2) is 12.1 Å². The fourth-order valence-corrected chi connectivity index (χ4v) is 1.34. The van der Waals surface area contributed by atoms with E-state index in [2.05, 4.69) is 9.87 Å². The van der Waals surface area contributed by atoms with Crippen molar-refractivity contribution in [2.75, 3.05) is 7.11 Å². The summed E-state index contributed by atoms with van der Waals surface area (Å²) >= 11 is 5.93. The van der Waals surface area contributed by atoms with Crippen molar-refractivity contribution in [3.05, 3.63) is 29.1 Å². The molecule has 0 aliphatic rings. The van der Waals surface area contributed by atoms with E-state index in [9.17, 15) is 0 Å². The molecule has 0 aliphatic carbocycles. The van der Waals surface area contributed by atoms with Crippen LogP contribution in [0, 0.1) is 0 Å². The first kappa shape index (κ1) is 9.45. The van der Waals surface area contributed by atoms with Gasteiger partial charge in [-0.05, 0) is 12.1 Å². The second-order valence-corrected chi connectivity index (χ2v) is 3.06. The third-order valence-corrected chi connectivity index (χ3v) is 2.08. The monoisotopic (exact) mass is 213 g/mol. The second-order valence-electron chi connectivity index (χ2n) is 2.65. The molecule has 0 aliphatic heterocycles. The summed E-state index contributed by atoms with van der Waals surface area (Å²) < 4.78 is 5.35. The van der Waals surface area contributed by atoms with Crippen molar-refractivity contribution in [1.82, 2.24) is 4.98 Å². The molecule has 0 spiro atoms. The molecule has 0 radical (unpaired) electrons. The summed E-state index contributed by atoms with van der Waals surface area (Å²) in [5.74, 6) is 0.627. The molecule has 14 heavy (non-hydrogen) atoms. The molecule has 0 fully saturated rings. The van der Waals surface area contributed by atoms with Crippen molar-refractivity contribution in [3.63, 3.8) is 0 Å². The smallest absolute Gasteiger partial charge is 0.227 e. The summed E-state index contributed by atoms with van der Waals surface area (Å²) in [5, 5.41) is 1.39. The van der Waals surface area contributed by atoms with Crippen LogP contribution in [0.3, 0.4) is 0 Å². The van der Waals surface area contributed by atoms with E-state index >= 15 is 0 Å². The predicted molar refractivity (Wildman–Crippen MR) is 50.8 cm³/mol. The van der Waals surface area contributed by atoms with Crippen LogP contribution in [0.4, 0.5) is 0 Å². The van der Waals surface area contributed by atoms with Crippen LogP contribution in [0.5, 0.6) is 0 Å². The van der Waals surface area contributed by atoms with Gasteiger partial charge in [-0.15, -0.1) is 0 Å². The highest BCUT2D eigenvalue weighted by molar-refractivity contribution is 6.35. The van der Waals surface area contributed by atoms with Crippen molar-refractivity contribution in [1.29, 1.82) is 0 Å². The Morgan fingerprint density at radius 1 is 1.57 bits per heavy atom. The van der Waals surface area contributed by atoms with Gasteiger partial charge in [-0.2, -0.15) is 0 Å². The molecule has 2 rings (SSSR count). The number of furan rings is 1. The zero-order chi connectivity index (χ0) is 9.97. The molecule has 0 bridgehead atoms. The highest BCUT2D eigenvalue weighted by Gasteiger charge is 2.07. The van der Waals surface area contributed by atoms with Gasteiger partial charge >= 0.3 is 0 Å². The minimum Gasteiger partial charge on any atom is -0.440 e. The van der Waals surface area contributed by atoms with Gasteiger partial charge in [-0.25, -0.2) is 14.8 Å². The van der Waals surface area contributed by atoms with Crippen molar-refractivity contribution >= 4 is 22.7 Å². The summed E-state index contributed by atoms with van der Waals surface area (Å²) in [6.45, 7) is 0.239. The first-order valence-corrected chi connectivity index (χ1v) is 4.37. The molecule has 0 N–H and O–H groups in total. The maximum atomic E-state index is 5.93. The highest BCUT2D eigenvalue weighted by Crippen LogP contribution is 2.24. The molecule has 0 atom stereocenters. The van der Waals surface area contributed by atoms with Crippen LogP contribution in [-0.2, 0) is 16.4 Å². The van der Waals surface area contributed by atoms with Gasteiger partial charge in [0.15, 0.2) is 0 Å². The minimum atomic E-state index is 0.239. The van der Waals surface area contributed by atoms with Crippen molar-refractivity contribution in [2.45, 2.75) is 6.61 Å². The zero-order valence-corrected chi connectivity index (χ0v) is 8.25. The predicted octanol–water partition coefficient (Wildman–Crippen LogP) is 2.56. The Morgan fingerprint density at radius 2 is 2.43 bits per heavy atom. The maximum absolute atomic E-state index is 5.93. The Hall–Kier alpha value is -1.10. The second kappa shape index (κ2) is 3.96. The molecule has 2 aromatic heterocycles. The normalized spacial score (nSPS) is 11.0. The van der Waals surface area contributed by atoms with Crippen LogP contribution >= 0.6 is 11.6 Å². The minimum absolute atomic E-state index is 0.239. The maximum Gasteiger partial charge on any atom is 0.227 e. The van der Waals surface area contributed by atoms with Gasteiger partial charge in [0.2, 0.25) is 5.71 Å². The average Bonchev–Trinajstić information content (AvgIpc) is 2.59. The Morgan fingerprint density at radius 3 is 3.14 bits per heavy atom. The highest BCUT2D eigenvalue weighted by atomic mass is 35.5. The summed E-state index contributed by atoms with van der Waals surface area (Å²) in [6.07, 6.45) is 1.59. The van der Waals surface area contributed by atoms with Crippen LogP contribution in [0.1, 0.15) is 5.76 Å². The summed E-state index contributed by atoms with van der Waals surface area (Å²) in [7, 11) is 1.44. The molecule has 0 unspecified atom stereocenters. The fourth-order valence-electron chi connectivity index (χ4n) is 1.15. The number of hydrogen-bond donors (Lipinski definition) is 0. The molecule has 0 amide bonds. The van der Waals surface area contributed by atoms with E-state index < -0.39 is 0 Å². The molecular weight excluding hydrogens is 206 g/mol. The number of fused-ring (bicyclic) bond motifs is 1. The topological polar surface area (TPSA) is 44.5 Å².